The van der Waals surface area contributed by atoms with E-state index >= 15 is 0 Å². The summed E-state index contributed by atoms with van der Waals surface area (Å²) in [5.41, 5.74) is 4.02. The number of rotatable bonds is 3. The maximum absolute atomic E-state index is 13.0. The second kappa shape index (κ2) is 8.54. The molecular formula is C20H29N7O6. The largest absolute Gasteiger partial charge is 0.444 e. The summed E-state index contributed by atoms with van der Waals surface area (Å²) < 4.78 is 7.14. The number of hydroxylamine groups is 2. The molecule has 1 aromatic rings. The van der Waals surface area contributed by atoms with Crippen LogP contribution < -0.4 is 10.9 Å². The number of fused-ring (bicyclic) bond motifs is 2. The van der Waals surface area contributed by atoms with Gasteiger partial charge in [-0.1, -0.05) is 0 Å². The van der Waals surface area contributed by atoms with E-state index in [1.54, 1.807) is 43.9 Å². The van der Waals surface area contributed by atoms with E-state index in [9.17, 15) is 24.4 Å². The Hall–Kier alpha value is -3.35. The first kappa shape index (κ1) is 22.8. The number of ether oxygens (including phenoxy) is 1. The van der Waals surface area contributed by atoms with E-state index in [-0.39, 0.29) is 31.6 Å². The van der Waals surface area contributed by atoms with E-state index in [2.05, 4.69) is 16.0 Å². The van der Waals surface area contributed by atoms with Crippen molar-refractivity contribution in [2.45, 2.75) is 69.8 Å². The number of aromatic nitrogens is 2. The Balaban J connectivity index is 1.41. The van der Waals surface area contributed by atoms with Crippen molar-refractivity contribution in [2.75, 3.05) is 13.1 Å². The molecule has 4 rings (SSSR count). The van der Waals surface area contributed by atoms with Crippen molar-refractivity contribution in [1.29, 1.82) is 0 Å². The number of amides is 5. The standard InChI is InChI=1S/C20H29N7O6/c1-20(2,3)33-19(31)25-11-13(26-8-4-7-21-26)9-15(25)17(29)23-22-16(28)14-6-5-12-10-24(14)18(30)27(12)32/h4,7-8,12-15,32H,5-6,9-11H2,1-3H3,(H,22,28)(H,23,29)/t12-,13-,14+,15+/m1/s1. The van der Waals surface area contributed by atoms with Gasteiger partial charge in [-0.3, -0.25) is 35.2 Å². The molecule has 3 aliphatic heterocycles. The van der Waals surface area contributed by atoms with Crippen molar-refractivity contribution in [2.24, 2.45) is 0 Å². The van der Waals surface area contributed by atoms with Crippen molar-refractivity contribution in [3.05, 3.63) is 18.5 Å². The molecule has 0 radical (unpaired) electrons. The molecule has 0 aliphatic carbocycles. The van der Waals surface area contributed by atoms with E-state index < -0.39 is 41.6 Å². The first-order valence-electron chi connectivity index (χ1n) is 10.9. The molecule has 0 unspecified atom stereocenters. The summed E-state index contributed by atoms with van der Waals surface area (Å²) in [6.45, 7) is 5.69. The third-order valence-corrected chi connectivity index (χ3v) is 6.06. The Labute approximate surface area is 190 Å². The molecule has 3 N–H and O–H groups in total. The SMILES string of the molecule is CC(C)(C)OC(=O)N1C[C@H](n2cccn2)C[C@H]1C(=O)NNC(=O)[C@@H]1CC[C@@H]2CN1C(=O)N2O. The van der Waals surface area contributed by atoms with Gasteiger partial charge in [-0.05, 0) is 39.7 Å². The molecule has 180 valence electrons. The van der Waals surface area contributed by atoms with Gasteiger partial charge in [-0.25, -0.2) is 14.7 Å². The van der Waals surface area contributed by atoms with E-state index in [4.69, 9.17) is 4.74 Å². The molecule has 0 spiro atoms. The molecule has 1 aromatic heterocycles. The molecule has 3 saturated heterocycles. The molecule has 4 atom stereocenters. The van der Waals surface area contributed by atoms with Gasteiger partial charge in [0.05, 0.1) is 12.1 Å². The van der Waals surface area contributed by atoms with Crippen LogP contribution in [0.4, 0.5) is 9.59 Å². The summed E-state index contributed by atoms with van der Waals surface area (Å²) in [5, 5.41) is 14.6. The monoisotopic (exact) mass is 463 g/mol. The fraction of sp³-hybridized carbons (Fsp3) is 0.650. The lowest BCUT2D eigenvalue weighted by Gasteiger charge is -2.30. The van der Waals surface area contributed by atoms with Gasteiger partial charge in [0.2, 0.25) is 0 Å². The summed E-state index contributed by atoms with van der Waals surface area (Å²) >= 11 is 0. The number of piperidine rings is 1. The predicted molar refractivity (Wildman–Crippen MR) is 111 cm³/mol. The molecule has 13 heteroatoms. The van der Waals surface area contributed by atoms with E-state index in [1.165, 1.54) is 9.80 Å². The number of hydrazine groups is 1. The number of nitrogens with zero attached hydrogens (tertiary/aromatic N) is 5. The minimum atomic E-state index is -0.883. The molecule has 4 heterocycles. The average Bonchev–Trinajstić information content (AvgIpc) is 3.48. The van der Waals surface area contributed by atoms with Gasteiger partial charge >= 0.3 is 12.1 Å². The van der Waals surface area contributed by atoms with E-state index in [1.807, 2.05) is 0 Å². The molecule has 5 amide bonds. The van der Waals surface area contributed by atoms with Crippen LogP contribution in [0.5, 0.6) is 0 Å². The lowest BCUT2D eigenvalue weighted by atomic mass is 10.0. The zero-order valence-electron chi connectivity index (χ0n) is 18.8. The average molecular weight is 463 g/mol. The fourth-order valence-electron chi connectivity index (χ4n) is 4.49. The van der Waals surface area contributed by atoms with Crippen molar-refractivity contribution >= 4 is 23.9 Å². The zero-order chi connectivity index (χ0) is 23.9. The highest BCUT2D eigenvalue weighted by Crippen LogP contribution is 2.30. The van der Waals surface area contributed by atoms with Crippen LogP contribution in [-0.4, -0.2) is 90.6 Å². The Morgan fingerprint density at radius 3 is 2.42 bits per heavy atom. The summed E-state index contributed by atoms with van der Waals surface area (Å²) in [4.78, 5) is 53.1. The minimum absolute atomic E-state index is 0.223. The first-order valence-corrected chi connectivity index (χ1v) is 10.9. The molecule has 0 saturated carbocycles. The highest BCUT2D eigenvalue weighted by molar-refractivity contribution is 5.91. The van der Waals surface area contributed by atoms with Gasteiger partial charge in [0, 0.05) is 31.9 Å². The number of hydrogen-bond donors (Lipinski definition) is 3. The number of nitrogens with one attached hydrogen (secondary N) is 2. The van der Waals surface area contributed by atoms with Crippen LogP contribution in [0.3, 0.4) is 0 Å². The second-order valence-corrected chi connectivity index (χ2v) is 9.53. The van der Waals surface area contributed by atoms with Crippen molar-refractivity contribution < 1.29 is 29.1 Å². The summed E-state index contributed by atoms with van der Waals surface area (Å²) in [7, 11) is 0. The Morgan fingerprint density at radius 2 is 1.79 bits per heavy atom. The molecule has 13 nitrogen and oxygen atoms in total. The van der Waals surface area contributed by atoms with Crippen molar-refractivity contribution in [3.63, 3.8) is 0 Å². The zero-order valence-corrected chi connectivity index (χ0v) is 18.8. The third kappa shape index (κ3) is 4.58. The van der Waals surface area contributed by atoms with Crippen LogP contribution in [-0.2, 0) is 14.3 Å². The van der Waals surface area contributed by atoms with Gasteiger partial charge in [-0.2, -0.15) is 5.10 Å². The minimum Gasteiger partial charge on any atom is -0.444 e. The Bertz CT molecular complexity index is 930. The third-order valence-electron chi connectivity index (χ3n) is 6.06. The number of carbonyl (C=O) groups is 4. The Morgan fingerprint density at radius 1 is 1.09 bits per heavy atom. The van der Waals surface area contributed by atoms with E-state index in [0.717, 1.165) is 0 Å². The number of likely N-dealkylation sites (tertiary alicyclic amines) is 1. The molecule has 33 heavy (non-hydrogen) atoms. The highest BCUT2D eigenvalue weighted by atomic mass is 16.6. The van der Waals surface area contributed by atoms with Crippen LogP contribution in [0.2, 0.25) is 0 Å². The van der Waals surface area contributed by atoms with Gasteiger partial charge in [0.15, 0.2) is 0 Å². The maximum Gasteiger partial charge on any atom is 0.411 e. The Kier molecular flexibility index (Phi) is 5.91. The lowest BCUT2D eigenvalue weighted by Crippen LogP contribution is -2.57. The second-order valence-electron chi connectivity index (χ2n) is 9.53. The van der Waals surface area contributed by atoms with Crippen LogP contribution in [0.1, 0.15) is 46.1 Å². The van der Waals surface area contributed by atoms with Gasteiger partial charge < -0.3 is 9.64 Å². The summed E-state index contributed by atoms with van der Waals surface area (Å²) in [6, 6.07) is -1.10. The van der Waals surface area contributed by atoms with Gasteiger partial charge in [0.25, 0.3) is 11.8 Å². The van der Waals surface area contributed by atoms with Gasteiger partial charge in [-0.15, -0.1) is 0 Å². The van der Waals surface area contributed by atoms with Gasteiger partial charge in [0.1, 0.15) is 17.7 Å². The fourth-order valence-corrected chi connectivity index (χ4v) is 4.49. The van der Waals surface area contributed by atoms with Crippen LogP contribution in [0.25, 0.3) is 0 Å². The maximum atomic E-state index is 13.0. The number of urea groups is 1. The summed E-state index contributed by atoms with van der Waals surface area (Å²) in [5.74, 6) is -1.13. The van der Waals surface area contributed by atoms with Crippen LogP contribution in [0, 0.1) is 0 Å². The van der Waals surface area contributed by atoms with Crippen LogP contribution in [0.15, 0.2) is 18.5 Å². The summed E-state index contributed by atoms with van der Waals surface area (Å²) in [6.07, 6.45) is 3.88. The highest BCUT2D eigenvalue weighted by Gasteiger charge is 2.47. The molecular weight excluding hydrogens is 434 g/mol. The number of carbonyl (C=O) groups excluding carboxylic acids is 4. The van der Waals surface area contributed by atoms with E-state index in [0.29, 0.717) is 17.9 Å². The topological polar surface area (TPSA) is 149 Å². The lowest BCUT2D eigenvalue weighted by molar-refractivity contribution is -0.133. The molecule has 0 aromatic carbocycles. The number of hydrogen-bond acceptors (Lipinski definition) is 7. The smallest absolute Gasteiger partial charge is 0.411 e. The van der Waals surface area contributed by atoms with Crippen LogP contribution >= 0.6 is 0 Å². The first-order chi connectivity index (χ1) is 15.5. The normalized spacial score (nSPS) is 27.0. The van der Waals surface area contributed by atoms with Crippen molar-refractivity contribution in [3.8, 4) is 0 Å². The molecule has 2 bridgehead atoms. The molecule has 3 aliphatic rings. The predicted octanol–water partition coefficient (Wildman–Crippen LogP) is 0.239. The molecule has 3 fully saturated rings. The quantitative estimate of drug-likeness (QED) is 0.429. The van der Waals surface area contributed by atoms with Crippen molar-refractivity contribution in [1.82, 2.24) is 35.5 Å².